The standard InChI is InChI=1S/C9H4F3NO/c1-13-7-3-2-6(5-14)8(4-7)9(10,11)12/h2-5H. The average Bonchev–Trinajstić information content (AvgIpc) is 2.15. The van der Waals surface area contributed by atoms with E-state index in [4.69, 9.17) is 6.57 Å². The molecule has 0 N–H and O–H groups in total. The van der Waals surface area contributed by atoms with Crippen molar-refractivity contribution in [2.75, 3.05) is 0 Å². The Kier molecular flexibility index (Phi) is 2.56. The lowest BCUT2D eigenvalue weighted by atomic mass is 10.1. The number of rotatable bonds is 1. The summed E-state index contributed by atoms with van der Waals surface area (Å²) >= 11 is 0. The van der Waals surface area contributed by atoms with E-state index in [1.165, 1.54) is 6.07 Å². The molecule has 0 aromatic heterocycles. The van der Waals surface area contributed by atoms with Gasteiger partial charge in [-0.25, -0.2) is 4.85 Å². The smallest absolute Gasteiger partial charge is 0.298 e. The molecule has 2 nitrogen and oxygen atoms in total. The molecule has 0 fully saturated rings. The Morgan fingerprint density at radius 2 is 2.00 bits per heavy atom. The summed E-state index contributed by atoms with van der Waals surface area (Å²) in [6.45, 7) is 6.54. The van der Waals surface area contributed by atoms with E-state index in [0.717, 1.165) is 6.07 Å². The first-order chi connectivity index (χ1) is 6.49. The Morgan fingerprint density at radius 1 is 1.36 bits per heavy atom. The molecule has 0 atom stereocenters. The molecule has 0 spiro atoms. The molecule has 0 unspecified atom stereocenters. The lowest BCUT2D eigenvalue weighted by Crippen LogP contribution is -2.08. The summed E-state index contributed by atoms with van der Waals surface area (Å²) in [5.74, 6) is 0. The second-order valence-electron chi connectivity index (χ2n) is 2.50. The van der Waals surface area contributed by atoms with Crippen molar-refractivity contribution >= 4 is 12.0 Å². The predicted molar refractivity (Wildman–Crippen MR) is 43.1 cm³/mol. The summed E-state index contributed by atoms with van der Waals surface area (Å²) in [7, 11) is 0. The first kappa shape index (κ1) is 10.3. The van der Waals surface area contributed by atoms with Crippen LogP contribution in [0.5, 0.6) is 0 Å². The minimum absolute atomic E-state index is 0.122. The zero-order chi connectivity index (χ0) is 10.8. The maximum absolute atomic E-state index is 12.3. The molecule has 1 aromatic rings. The number of halogens is 3. The maximum atomic E-state index is 12.3. The Labute approximate surface area is 77.8 Å². The van der Waals surface area contributed by atoms with E-state index in [9.17, 15) is 18.0 Å². The molecule has 0 heterocycles. The number of hydrogen-bond acceptors (Lipinski definition) is 1. The van der Waals surface area contributed by atoms with Crippen LogP contribution < -0.4 is 0 Å². The van der Waals surface area contributed by atoms with Crippen molar-refractivity contribution in [2.45, 2.75) is 6.18 Å². The fourth-order valence-corrected chi connectivity index (χ4v) is 0.962. The van der Waals surface area contributed by atoms with Crippen LogP contribution in [-0.4, -0.2) is 6.29 Å². The van der Waals surface area contributed by atoms with Crippen molar-refractivity contribution in [3.8, 4) is 0 Å². The molecule has 0 aliphatic rings. The van der Waals surface area contributed by atoms with E-state index in [2.05, 4.69) is 4.85 Å². The Morgan fingerprint density at radius 3 is 2.43 bits per heavy atom. The maximum Gasteiger partial charge on any atom is 0.415 e. The normalized spacial score (nSPS) is 10.7. The van der Waals surface area contributed by atoms with Gasteiger partial charge in [-0.2, -0.15) is 13.2 Å². The zero-order valence-electron chi connectivity index (χ0n) is 6.80. The van der Waals surface area contributed by atoms with Crippen LogP contribution in [0, 0.1) is 6.57 Å². The van der Waals surface area contributed by atoms with Gasteiger partial charge >= 0.3 is 6.18 Å². The fourth-order valence-electron chi connectivity index (χ4n) is 0.962. The molecule has 5 heteroatoms. The lowest BCUT2D eigenvalue weighted by molar-refractivity contribution is -0.137. The van der Waals surface area contributed by atoms with Crippen molar-refractivity contribution < 1.29 is 18.0 Å². The molecule has 72 valence electrons. The van der Waals surface area contributed by atoms with E-state index in [-0.39, 0.29) is 12.0 Å². The van der Waals surface area contributed by atoms with Crippen LogP contribution in [0.2, 0.25) is 0 Å². The number of aldehydes is 1. The number of benzene rings is 1. The van der Waals surface area contributed by atoms with Crippen LogP contribution in [0.25, 0.3) is 4.85 Å². The van der Waals surface area contributed by atoms with Gasteiger partial charge in [0.05, 0.1) is 12.1 Å². The zero-order valence-corrected chi connectivity index (χ0v) is 6.80. The predicted octanol–water partition coefficient (Wildman–Crippen LogP) is 3.07. The van der Waals surface area contributed by atoms with Crippen LogP contribution in [0.4, 0.5) is 18.9 Å². The molecule has 0 saturated heterocycles. The van der Waals surface area contributed by atoms with Crippen molar-refractivity contribution in [1.82, 2.24) is 0 Å². The molecule has 0 aliphatic carbocycles. The second kappa shape index (κ2) is 3.50. The third-order valence-corrected chi connectivity index (χ3v) is 1.60. The van der Waals surface area contributed by atoms with Crippen molar-refractivity contribution in [1.29, 1.82) is 0 Å². The highest BCUT2D eigenvalue weighted by Crippen LogP contribution is 2.33. The Hall–Kier alpha value is -1.83. The molecule has 0 bridgehead atoms. The van der Waals surface area contributed by atoms with E-state index in [1.54, 1.807) is 0 Å². The van der Waals surface area contributed by atoms with E-state index in [0.29, 0.717) is 6.07 Å². The molecular weight excluding hydrogens is 195 g/mol. The Bertz CT molecular complexity index is 403. The second-order valence-corrected chi connectivity index (χ2v) is 2.50. The minimum Gasteiger partial charge on any atom is -0.298 e. The van der Waals surface area contributed by atoms with Gasteiger partial charge in [0.25, 0.3) is 0 Å². The molecule has 14 heavy (non-hydrogen) atoms. The van der Waals surface area contributed by atoms with Crippen LogP contribution in [-0.2, 0) is 6.18 Å². The third kappa shape index (κ3) is 1.91. The van der Waals surface area contributed by atoms with Crippen molar-refractivity contribution in [3.05, 3.63) is 40.7 Å². The third-order valence-electron chi connectivity index (χ3n) is 1.60. The number of hydrogen-bond donors (Lipinski definition) is 0. The van der Waals surface area contributed by atoms with Gasteiger partial charge in [0, 0.05) is 5.56 Å². The van der Waals surface area contributed by atoms with E-state index in [1.807, 2.05) is 0 Å². The number of carbonyl (C=O) groups excluding carboxylic acids is 1. The summed E-state index contributed by atoms with van der Waals surface area (Å²) in [6.07, 6.45) is -4.48. The largest absolute Gasteiger partial charge is 0.415 e. The van der Waals surface area contributed by atoms with Crippen LogP contribution in [0.3, 0.4) is 0 Å². The Balaban J connectivity index is 3.38. The van der Waals surface area contributed by atoms with Crippen molar-refractivity contribution in [3.63, 3.8) is 0 Å². The van der Waals surface area contributed by atoms with Crippen LogP contribution in [0.15, 0.2) is 18.2 Å². The van der Waals surface area contributed by atoms with Gasteiger partial charge < -0.3 is 0 Å². The SMILES string of the molecule is [C-]#[N+]c1ccc(C=O)c(C(F)(F)F)c1. The fraction of sp³-hybridized carbons (Fsp3) is 0.111. The van der Waals surface area contributed by atoms with Gasteiger partial charge in [0.2, 0.25) is 0 Å². The number of alkyl halides is 3. The molecular formula is C9H4F3NO. The molecule has 0 saturated carbocycles. The molecule has 0 radical (unpaired) electrons. The van der Waals surface area contributed by atoms with Crippen LogP contribution in [0.1, 0.15) is 15.9 Å². The summed E-state index contributed by atoms with van der Waals surface area (Å²) < 4.78 is 36.9. The van der Waals surface area contributed by atoms with Crippen molar-refractivity contribution in [2.24, 2.45) is 0 Å². The van der Waals surface area contributed by atoms with Crippen LogP contribution >= 0.6 is 0 Å². The average molecular weight is 199 g/mol. The topological polar surface area (TPSA) is 21.4 Å². The molecule has 0 amide bonds. The molecule has 0 aliphatic heterocycles. The summed E-state index contributed by atoms with van der Waals surface area (Å²) in [6, 6.07) is 2.83. The van der Waals surface area contributed by atoms with Gasteiger partial charge in [-0.05, 0) is 6.07 Å². The summed E-state index contributed by atoms with van der Waals surface area (Å²) in [4.78, 5) is 13.2. The van der Waals surface area contributed by atoms with Gasteiger partial charge in [0.1, 0.15) is 0 Å². The highest BCUT2D eigenvalue weighted by molar-refractivity contribution is 5.79. The highest BCUT2D eigenvalue weighted by Gasteiger charge is 2.33. The van der Waals surface area contributed by atoms with E-state index >= 15 is 0 Å². The minimum atomic E-state index is -4.60. The summed E-state index contributed by atoms with van der Waals surface area (Å²) in [5, 5.41) is 0. The van der Waals surface area contributed by atoms with Gasteiger partial charge in [0.15, 0.2) is 12.0 Å². The first-order valence-corrected chi connectivity index (χ1v) is 3.53. The number of nitrogens with zero attached hydrogens (tertiary/aromatic N) is 1. The highest BCUT2D eigenvalue weighted by atomic mass is 19.4. The van der Waals surface area contributed by atoms with Gasteiger partial charge in [-0.3, -0.25) is 4.79 Å². The quantitative estimate of drug-likeness (QED) is 0.503. The van der Waals surface area contributed by atoms with Gasteiger partial charge in [-0.15, -0.1) is 0 Å². The lowest BCUT2D eigenvalue weighted by Gasteiger charge is -2.08. The monoisotopic (exact) mass is 199 g/mol. The summed E-state index contributed by atoms with van der Waals surface area (Å²) in [5.41, 5.74) is -1.66. The first-order valence-electron chi connectivity index (χ1n) is 3.53. The number of carbonyl (C=O) groups is 1. The van der Waals surface area contributed by atoms with E-state index < -0.39 is 17.3 Å². The van der Waals surface area contributed by atoms with Gasteiger partial charge in [-0.1, -0.05) is 12.1 Å². The molecule has 1 rings (SSSR count). The molecule has 1 aromatic carbocycles.